The number of hydrogen-bond donors (Lipinski definition) is 2. The van der Waals surface area contributed by atoms with Crippen molar-refractivity contribution < 1.29 is 4.79 Å². The van der Waals surface area contributed by atoms with E-state index in [2.05, 4.69) is 22.9 Å². The van der Waals surface area contributed by atoms with Crippen LogP contribution < -0.4 is 10.6 Å². The average molecular weight is 289 g/mol. The fraction of sp³-hybridized carbons (Fsp3) is 0.706. The van der Waals surface area contributed by atoms with Crippen LogP contribution in [0.4, 0.5) is 0 Å². The van der Waals surface area contributed by atoms with Gasteiger partial charge in [0.2, 0.25) is 5.91 Å². The molecule has 2 aliphatic rings. The highest BCUT2D eigenvalue weighted by molar-refractivity contribution is 5.76. The van der Waals surface area contributed by atoms with E-state index in [1.54, 1.807) is 0 Å². The third-order valence-electron chi connectivity index (χ3n) is 4.53. The van der Waals surface area contributed by atoms with Gasteiger partial charge in [-0.25, -0.2) is 0 Å². The summed E-state index contributed by atoms with van der Waals surface area (Å²) in [5, 5.41) is 6.70. The zero-order valence-corrected chi connectivity index (χ0v) is 12.8. The molecular weight excluding hydrogens is 262 g/mol. The topological polar surface area (TPSA) is 46.1 Å². The third-order valence-corrected chi connectivity index (χ3v) is 4.53. The summed E-state index contributed by atoms with van der Waals surface area (Å²) in [6.07, 6.45) is 14.2. The molecule has 0 atom stereocenters. The number of amides is 1. The quantitative estimate of drug-likeness (QED) is 0.791. The van der Waals surface area contributed by atoms with E-state index in [1.165, 1.54) is 44.1 Å². The van der Waals surface area contributed by atoms with Crippen LogP contribution in [0, 0.1) is 0 Å². The van der Waals surface area contributed by atoms with E-state index < -0.39 is 0 Å². The molecule has 4 nitrogen and oxygen atoms in total. The van der Waals surface area contributed by atoms with Crippen LogP contribution in [0.2, 0.25) is 0 Å². The molecule has 3 rings (SSSR count). The van der Waals surface area contributed by atoms with Crippen molar-refractivity contribution >= 4 is 5.91 Å². The van der Waals surface area contributed by atoms with Crippen LogP contribution in [0.25, 0.3) is 0 Å². The van der Waals surface area contributed by atoms with Crippen molar-refractivity contribution in [1.29, 1.82) is 0 Å². The Labute approximate surface area is 127 Å². The largest absolute Gasteiger partial charge is 0.352 e. The predicted molar refractivity (Wildman–Crippen MR) is 83.9 cm³/mol. The number of aromatic nitrogens is 1. The van der Waals surface area contributed by atoms with Crippen LogP contribution >= 0.6 is 0 Å². The van der Waals surface area contributed by atoms with Gasteiger partial charge in [-0.1, -0.05) is 25.7 Å². The summed E-state index contributed by atoms with van der Waals surface area (Å²) in [6, 6.07) is 3.23. The molecule has 2 aliphatic carbocycles. The van der Waals surface area contributed by atoms with Crippen molar-refractivity contribution in [3.8, 4) is 0 Å². The Bertz CT molecular complexity index is 456. The molecule has 21 heavy (non-hydrogen) atoms. The van der Waals surface area contributed by atoms with Crippen molar-refractivity contribution in [2.24, 2.45) is 0 Å². The first kappa shape index (κ1) is 14.6. The SMILES string of the molecule is O=C(Cn1ccc(CNC2CC2)c1)NC1CCCCCC1. The zero-order valence-electron chi connectivity index (χ0n) is 12.8. The maximum absolute atomic E-state index is 12.1. The van der Waals surface area contributed by atoms with E-state index in [0.717, 1.165) is 25.4 Å². The van der Waals surface area contributed by atoms with Crippen LogP contribution in [-0.2, 0) is 17.9 Å². The number of carbonyl (C=O) groups is 1. The fourth-order valence-electron chi connectivity index (χ4n) is 3.11. The Hall–Kier alpha value is -1.29. The first-order valence-corrected chi connectivity index (χ1v) is 8.47. The first-order chi connectivity index (χ1) is 10.3. The second-order valence-corrected chi connectivity index (χ2v) is 6.60. The third kappa shape index (κ3) is 4.88. The van der Waals surface area contributed by atoms with E-state index in [-0.39, 0.29) is 5.91 Å². The number of nitrogens with one attached hydrogen (secondary N) is 2. The Morgan fingerprint density at radius 2 is 1.86 bits per heavy atom. The second-order valence-electron chi connectivity index (χ2n) is 6.60. The van der Waals surface area contributed by atoms with Gasteiger partial charge in [0.1, 0.15) is 6.54 Å². The molecule has 1 aromatic heterocycles. The molecule has 0 aliphatic heterocycles. The van der Waals surface area contributed by atoms with Crippen molar-refractivity contribution in [1.82, 2.24) is 15.2 Å². The summed E-state index contributed by atoms with van der Waals surface area (Å²) in [6.45, 7) is 1.36. The summed E-state index contributed by atoms with van der Waals surface area (Å²) in [5.41, 5.74) is 1.27. The van der Waals surface area contributed by atoms with Crippen LogP contribution in [0.15, 0.2) is 18.5 Å². The lowest BCUT2D eigenvalue weighted by Gasteiger charge is -2.16. The molecule has 1 heterocycles. The highest BCUT2D eigenvalue weighted by Gasteiger charge is 2.20. The van der Waals surface area contributed by atoms with E-state index in [9.17, 15) is 4.79 Å². The molecule has 1 aromatic rings. The van der Waals surface area contributed by atoms with Gasteiger partial charge < -0.3 is 15.2 Å². The van der Waals surface area contributed by atoms with Crippen LogP contribution in [-0.4, -0.2) is 22.6 Å². The standard InChI is InChI=1S/C17H27N3O/c21-17(19-16-5-3-1-2-4-6-16)13-20-10-9-14(12-20)11-18-15-7-8-15/h9-10,12,15-16,18H,1-8,11,13H2,(H,19,21). The molecule has 0 radical (unpaired) electrons. The van der Waals surface area contributed by atoms with Gasteiger partial charge in [-0.2, -0.15) is 0 Å². The fourth-order valence-corrected chi connectivity index (χ4v) is 3.11. The van der Waals surface area contributed by atoms with Crippen molar-refractivity contribution in [3.05, 3.63) is 24.0 Å². The van der Waals surface area contributed by atoms with Crippen LogP contribution in [0.3, 0.4) is 0 Å². The zero-order chi connectivity index (χ0) is 14.5. The van der Waals surface area contributed by atoms with Crippen molar-refractivity contribution in [3.63, 3.8) is 0 Å². The van der Waals surface area contributed by atoms with Crippen molar-refractivity contribution in [2.75, 3.05) is 0 Å². The smallest absolute Gasteiger partial charge is 0.240 e. The highest BCUT2D eigenvalue weighted by Crippen LogP contribution is 2.19. The monoisotopic (exact) mass is 289 g/mol. The Kier molecular flexibility index (Phi) is 4.96. The van der Waals surface area contributed by atoms with Crippen LogP contribution in [0.5, 0.6) is 0 Å². The Balaban J connectivity index is 1.42. The van der Waals surface area contributed by atoms with E-state index >= 15 is 0 Å². The molecular formula is C17H27N3O. The van der Waals surface area contributed by atoms with Gasteiger partial charge in [0.15, 0.2) is 0 Å². The maximum atomic E-state index is 12.1. The van der Waals surface area contributed by atoms with Gasteiger partial charge >= 0.3 is 0 Å². The summed E-state index contributed by atoms with van der Waals surface area (Å²) in [5.74, 6) is 0.152. The molecule has 0 unspecified atom stereocenters. The van der Waals surface area contributed by atoms with Gasteiger partial charge in [-0.3, -0.25) is 4.79 Å². The molecule has 0 aromatic carbocycles. The molecule has 0 saturated heterocycles. The Morgan fingerprint density at radius 3 is 2.57 bits per heavy atom. The molecule has 4 heteroatoms. The lowest BCUT2D eigenvalue weighted by Crippen LogP contribution is -2.36. The molecule has 2 fully saturated rings. The number of nitrogens with zero attached hydrogens (tertiary/aromatic N) is 1. The van der Waals surface area contributed by atoms with Gasteiger partial charge in [0.25, 0.3) is 0 Å². The lowest BCUT2D eigenvalue weighted by atomic mass is 10.1. The van der Waals surface area contributed by atoms with E-state index in [4.69, 9.17) is 0 Å². The van der Waals surface area contributed by atoms with Gasteiger partial charge in [0, 0.05) is 31.0 Å². The molecule has 2 N–H and O–H groups in total. The first-order valence-electron chi connectivity index (χ1n) is 8.47. The summed E-state index contributed by atoms with van der Waals surface area (Å²) >= 11 is 0. The maximum Gasteiger partial charge on any atom is 0.240 e. The average Bonchev–Trinajstić information content (AvgIpc) is 3.23. The highest BCUT2D eigenvalue weighted by atomic mass is 16.2. The number of rotatable bonds is 6. The molecule has 1 amide bonds. The molecule has 0 bridgehead atoms. The summed E-state index contributed by atoms with van der Waals surface area (Å²) in [7, 11) is 0. The summed E-state index contributed by atoms with van der Waals surface area (Å²) < 4.78 is 2.00. The molecule has 2 saturated carbocycles. The number of hydrogen-bond acceptors (Lipinski definition) is 2. The van der Waals surface area contributed by atoms with E-state index in [0.29, 0.717) is 12.6 Å². The van der Waals surface area contributed by atoms with E-state index in [1.807, 2.05) is 10.8 Å². The van der Waals surface area contributed by atoms with Gasteiger partial charge in [0.05, 0.1) is 0 Å². The predicted octanol–water partition coefficient (Wildman–Crippen LogP) is 2.58. The minimum atomic E-state index is 0.152. The minimum absolute atomic E-state index is 0.152. The van der Waals surface area contributed by atoms with Crippen LogP contribution in [0.1, 0.15) is 56.9 Å². The minimum Gasteiger partial charge on any atom is -0.352 e. The van der Waals surface area contributed by atoms with Crippen molar-refractivity contribution in [2.45, 2.75) is 76.5 Å². The molecule has 116 valence electrons. The Morgan fingerprint density at radius 1 is 1.10 bits per heavy atom. The summed E-state index contributed by atoms with van der Waals surface area (Å²) in [4.78, 5) is 12.1. The number of carbonyl (C=O) groups excluding carboxylic acids is 1. The molecule has 0 spiro atoms. The lowest BCUT2D eigenvalue weighted by molar-refractivity contribution is -0.122. The second kappa shape index (κ2) is 7.12. The van der Waals surface area contributed by atoms with Gasteiger partial charge in [-0.15, -0.1) is 0 Å². The van der Waals surface area contributed by atoms with Gasteiger partial charge in [-0.05, 0) is 37.3 Å². The normalized spacial score (nSPS) is 20.2.